The summed E-state index contributed by atoms with van der Waals surface area (Å²) in [6, 6.07) is 24.6. The Morgan fingerprint density at radius 2 is 1.50 bits per heavy atom. The van der Waals surface area contributed by atoms with Gasteiger partial charge in [0.25, 0.3) is 5.91 Å². The first-order chi connectivity index (χ1) is 26.1. The van der Waals surface area contributed by atoms with Gasteiger partial charge < -0.3 is 33.7 Å². The molecule has 2 unspecified atom stereocenters. The average molecular weight is 737 g/mol. The maximum absolute atomic E-state index is 14.2. The molecule has 1 fully saturated rings. The van der Waals surface area contributed by atoms with Gasteiger partial charge in [0, 0.05) is 31.0 Å². The van der Waals surface area contributed by atoms with Gasteiger partial charge in [-0.1, -0.05) is 54.6 Å². The highest BCUT2D eigenvalue weighted by Gasteiger charge is 2.34. The largest absolute Gasteiger partial charge is 0.493 e. The molecule has 12 heteroatoms. The number of ether oxygens (including phenoxy) is 3. The highest BCUT2D eigenvalue weighted by atomic mass is 19.1. The van der Waals surface area contributed by atoms with Crippen molar-refractivity contribution in [3.63, 3.8) is 0 Å². The number of carbonyl (C=O) groups is 3. The zero-order chi connectivity index (χ0) is 38.4. The van der Waals surface area contributed by atoms with Crippen LogP contribution in [0.15, 0.2) is 91.0 Å². The lowest BCUT2D eigenvalue weighted by molar-refractivity contribution is -0.139. The fourth-order valence-corrected chi connectivity index (χ4v) is 7.39. The highest BCUT2D eigenvalue weighted by molar-refractivity contribution is 5.99. The van der Waals surface area contributed by atoms with Crippen LogP contribution >= 0.6 is 0 Å². The number of benzene rings is 4. The van der Waals surface area contributed by atoms with Crippen molar-refractivity contribution in [1.82, 2.24) is 19.4 Å². The van der Waals surface area contributed by atoms with Crippen molar-refractivity contribution in [2.24, 2.45) is 5.92 Å². The minimum Gasteiger partial charge on any atom is -0.493 e. The number of Topliss-reactive ketones (excluding diaryl/α,β-unsaturated/α-hetero) is 1. The summed E-state index contributed by atoms with van der Waals surface area (Å²) in [5.74, 6) is -0.928. The number of halogens is 1. The number of aromatic nitrogens is 2. The minimum atomic E-state index is -1.11. The van der Waals surface area contributed by atoms with Crippen molar-refractivity contribution in [1.29, 1.82) is 0 Å². The molecule has 2 heterocycles. The molecule has 1 saturated heterocycles. The molecule has 2 atom stereocenters. The Morgan fingerprint density at radius 3 is 2.11 bits per heavy atom. The molecule has 1 aromatic heterocycles. The third-order valence-corrected chi connectivity index (χ3v) is 10.3. The lowest BCUT2D eigenvalue weighted by Crippen LogP contribution is -2.39. The van der Waals surface area contributed by atoms with Crippen LogP contribution in [0.2, 0.25) is 0 Å². The Balaban J connectivity index is 1.15. The molecular weight excluding hydrogens is 691 g/mol. The van der Waals surface area contributed by atoms with Crippen LogP contribution < -0.4 is 14.2 Å². The average Bonchev–Trinajstić information content (AvgIpc) is 3.58. The molecule has 5 aromatic rings. The maximum Gasteiger partial charge on any atom is 0.331 e. The molecule has 1 aliphatic heterocycles. The number of nitrogens with zero attached hydrogens (tertiary/aromatic N) is 4. The van der Waals surface area contributed by atoms with Crippen molar-refractivity contribution >= 4 is 28.7 Å². The number of methoxy groups -OCH3 is 3. The molecule has 0 radical (unpaired) electrons. The van der Waals surface area contributed by atoms with E-state index in [1.807, 2.05) is 18.2 Å². The summed E-state index contributed by atoms with van der Waals surface area (Å²) >= 11 is 0. The maximum atomic E-state index is 14.2. The number of hydrogen-bond acceptors (Lipinski definition) is 8. The van der Waals surface area contributed by atoms with E-state index in [4.69, 9.17) is 14.2 Å². The van der Waals surface area contributed by atoms with Crippen molar-refractivity contribution in [3.8, 4) is 17.2 Å². The number of aliphatic carboxylic acids is 1. The summed E-state index contributed by atoms with van der Waals surface area (Å²) in [7, 11) is 6.23. The smallest absolute Gasteiger partial charge is 0.331 e. The van der Waals surface area contributed by atoms with E-state index in [1.54, 1.807) is 77.2 Å². The van der Waals surface area contributed by atoms with Gasteiger partial charge in [-0.05, 0) is 86.4 Å². The Labute approximate surface area is 313 Å². The molecule has 0 saturated carbocycles. The second-order valence-corrected chi connectivity index (χ2v) is 13.6. The summed E-state index contributed by atoms with van der Waals surface area (Å²) in [5.41, 5.74) is 3.01. The highest BCUT2D eigenvalue weighted by Crippen LogP contribution is 2.39. The molecule has 1 N–H and O–H groups in total. The lowest BCUT2D eigenvalue weighted by Gasteiger charge is -2.33. The monoisotopic (exact) mass is 736 g/mol. The number of carboxylic acids is 1. The van der Waals surface area contributed by atoms with E-state index in [-0.39, 0.29) is 35.2 Å². The zero-order valence-corrected chi connectivity index (χ0v) is 30.9. The van der Waals surface area contributed by atoms with E-state index in [0.29, 0.717) is 84.9 Å². The Kier molecular flexibility index (Phi) is 11.9. The molecule has 1 aliphatic rings. The molecule has 282 valence electrons. The van der Waals surface area contributed by atoms with Crippen molar-refractivity contribution in [3.05, 3.63) is 119 Å². The number of carbonyl (C=O) groups excluding carboxylic acids is 2. The molecule has 11 nitrogen and oxygen atoms in total. The van der Waals surface area contributed by atoms with Gasteiger partial charge in [-0.15, -0.1) is 0 Å². The van der Waals surface area contributed by atoms with Crippen LogP contribution in [0.3, 0.4) is 0 Å². The van der Waals surface area contributed by atoms with Gasteiger partial charge >= 0.3 is 5.97 Å². The first kappa shape index (κ1) is 38.0. The summed E-state index contributed by atoms with van der Waals surface area (Å²) in [6.45, 7) is 2.39. The Morgan fingerprint density at radius 1 is 0.870 bits per heavy atom. The van der Waals surface area contributed by atoms with Gasteiger partial charge in [0.2, 0.25) is 11.5 Å². The van der Waals surface area contributed by atoms with Gasteiger partial charge in [0.05, 0.1) is 32.4 Å². The Hall–Kier alpha value is -5.75. The Bertz CT molecular complexity index is 2070. The minimum absolute atomic E-state index is 0.105. The summed E-state index contributed by atoms with van der Waals surface area (Å²) in [5, 5.41) is 10.4. The third kappa shape index (κ3) is 8.08. The quantitative estimate of drug-likeness (QED) is 0.117. The van der Waals surface area contributed by atoms with Gasteiger partial charge in [0.15, 0.2) is 23.4 Å². The molecular formula is C42H45FN4O7. The third-order valence-electron chi connectivity index (χ3n) is 10.3. The number of fused-ring (bicyclic) bond motifs is 1. The van der Waals surface area contributed by atoms with Gasteiger partial charge in [-0.3, -0.25) is 9.59 Å². The number of hydrogen-bond donors (Lipinski definition) is 1. The number of carboxylic acid groups (broad SMARTS) is 1. The summed E-state index contributed by atoms with van der Waals surface area (Å²) in [4.78, 5) is 49.2. The number of ketones is 1. The molecule has 0 aliphatic carbocycles. The number of likely N-dealkylation sites (N-methyl/N-ethyl adjacent to an activating group) is 1. The molecule has 54 heavy (non-hydrogen) atoms. The standard InChI is InChI=1S/C42H45FN4O7/c1-45(41(49)31-24-35(52-2)39(54-4)36(25-31)53-3)26-30(27-14-16-32(43)17-15-27)20-23-46-21-18-29(19-22-46)38(48)40-44-33-12-8-9-13-34(33)47(40)37(42(50)51)28-10-6-5-7-11-28/h5-17,24-25,29-30,37H,18-23,26H2,1-4H3,(H,50,51). The lowest BCUT2D eigenvalue weighted by atomic mass is 9.90. The summed E-state index contributed by atoms with van der Waals surface area (Å²) in [6.07, 6.45) is 1.86. The van der Waals surface area contributed by atoms with Crippen molar-refractivity contribution < 1.29 is 38.1 Å². The van der Waals surface area contributed by atoms with Crippen LogP contribution in [0.5, 0.6) is 17.2 Å². The predicted molar refractivity (Wildman–Crippen MR) is 202 cm³/mol. The molecule has 0 bridgehead atoms. The fraction of sp³-hybridized carbons (Fsp3) is 0.333. The van der Waals surface area contributed by atoms with Crippen LogP contribution in [0, 0.1) is 11.7 Å². The number of likely N-dealkylation sites (tertiary alicyclic amines) is 1. The second-order valence-electron chi connectivity index (χ2n) is 13.6. The number of piperidine rings is 1. The molecule has 4 aromatic carbocycles. The second kappa shape index (κ2) is 16.9. The van der Waals surface area contributed by atoms with E-state index < -0.39 is 12.0 Å². The van der Waals surface area contributed by atoms with Crippen LogP contribution in [0.4, 0.5) is 4.39 Å². The van der Waals surface area contributed by atoms with Crippen molar-refractivity contribution in [2.45, 2.75) is 31.2 Å². The van der Waals surface area contributed by atoms with Crippen LogP contribution in [0.25, 0.3) is 11.0 Å². The van der Waals surface area contributed by atoms with E-state index in [1.165, 1.54) is 33.5 Å². The van der Waals surface area contributed by atoms with Gasteiger partial charge in [0.1, 0.15) is 5.82 Å². The van der Waals surface area contributed by atoms with E-state index in [0.717, 1.165) is 5.56 Å². The zero-order valence-electron chi connectivity index (χ0n) is 30.9. The molecule has 6 rings (SSSR count). The number of rotatable bonds is 15. The van der Waals surface area contributed by atoms with Crippen molar-refractivity contribution in [2.75, 3.05) is 54.6 Å². The number of imidazole rings is 1. The summed E-state index contributed by atoms with van der Waals surface area (Å²) < 4.78 is 31.9. The first-order valence-corrected chi connectivity index (χ1v) is 18.0. The topological polar surface area (TPSA) is 123 Å². The van der Waals surface area contributed by atoms with E-state index in [9.17, 15) is 23.9 Å². The van der Waals surface area contributed by atoms with Crippen LogP contribution in [-0.2, 0) is 4.79 Å². The normalized spacial score (nSPS) is 14.7. The van der Waals surface area contributed by atoms with Gasteiger partial charge in [-0.25, -0.2) is 14.2 Å². The SMILES string of the molecule is COc1cc(C(=O)N(C)CC(CCN2CCC(C(=O)c3nc4ccccc4n3C(C(=O)O)c3ccccc3)CC2)c2ccc(F)cc2)cc(OC)c1OC. The van der Waals surface area contributed by atoms with Gasteiger partial charge in [-0.2, -0.15) is 0 Å². The molecule has 1 amide bonds. The van der Waals surface area contributed by atoms with E-state index in [2.05, 4.69) is 9.88 Å². The molecule has 0 spiro atoms. The van der Waals surface area contributed by atoms with E-state index >= 15 is 0 Å². The predicted octanol–water partition coefficient (Wildman–Crippen LogP) is 6.72. The number of amides is 1. The first-order valence-electron chi connectivity index (χ1n) is 18.0. The van der Waals surface area contributed by atoms with Crippen LogP contribution in [-0.4, -0.2) is 96.7 Å². The fourth-order valence-electron chi connectivity index (χ4n) is 7.39. The number of para-hydroxylation sites is 2. The van der Waals surface area contributed by atoms with Crippen LogP contribution in [0.1, 0.15) is 63.3 Å².